The van der Waals surface area contributed by atoms with Gasteiger partial charge in [-0.3, -0.25) is 4.79 Å². The summed E-state index contributed by atoms with van der Waals surface area (Å²) in [5.41, 5.74) is 1.08. The van der Waals surface area contributed by atoms with Crippen molar-refractivity contribution in [2.24, 2.45) is 0 Å². The Labute approximate surface area is 101 Å². The molecular formula is C13H18N2O2. The lowest BCUT2D eigenvalue weighted by Crippen LogP contribution is -2.45. The van der Waals surface area contributed by atoms with Gasteiger partial charge in [-0.1, -0.05) is 12.1 Å². The predicted molar refractivity (Wildman–Crippen MR) is 66.2 cm³/mol. The molecule has 1 amide bonds. The van der Waals surface area contributed by atoms with E-state index in [2.05, 4.69) is 10.6 Å². The molecule has 0 saturated carbocycles. The molecule has 2 rings (SSSR count). The minimum absolute atomic E-state index is 0.0776. The van der Waals surface area contributed by atoms with Crippen LogP contribution in [0.3, 0.4) is 0 Å². The molecule has 1 fully saturated rings. The zero-order valence-electron chi connectivity index (χ0n) is 9.99. The molecule has 0 aliphatic carbocycles. The number of carbonyl (C=O) groups is 1. The molecule has 1 aliphatic rings. The Kier molecular flexibility index (Phi) is 3.64. The van der Waals surface area contributed by atoms with Crippen molar-refractivity contribution in [2.45, 2.75) is 25.8 Å². The number of aryl methyl sites for hydroxylation is 1. The molecule has 0 bridgehead atoms. The van der Waals surface area contributed by atoms with Crippen molar-refractivity contribution in [1.82, 2.24) is 10.6 Å². The Morgan fingerprint density at radius 3 is 3.06 bits per heavy atom. The molecule has 4 nitrogen and oxygen atoms in total. The average molecular weight is 234 g/mol. The first-order chi connectivity index (χ1) is 8.18. The minimum Gasteiger partial charge on any atom is -0.507 e. The Morgan fingerprint density at radius 2 is 2.35 bits per heavy atom. The molecule has 1 aromatic carbocycles. The third-order valence-corrected chi connectivity index (χ3v) is 3.11. The van der Waals surface area contributed by atoms with Crippen LogP contribution in [0.5, 0.6) is 5.75 Å². The van der Waals surface area contributed by atoms with Gasteiger partial charge in [0.15, 0.2) is 0 Å². The van der Waals surface area contributed by atoms with Crippen molar-refractivity contribution >= 4 is 5.91 Å². The molecule has 1 heterocycles. The summed E-state index contributed by atoms with van der Waals surface area (Å²) in [6, 6.07) is 5.38. The van der Waals surface area contributed by atoms with Gasteiger partial charge < -0.3 is 15.7 Å². The van der Waals surface area contributed by atoms with Crippen LogP contribution in [0.25, 0.3) is 0 Å². The summed E-state index contributed by atoms with van der Waals surface area (Å²) >= 11 is 0. The summed E-state index contributed by atoms with van der Waals surface area (Å²) in [6.45, 7) is 3.61. The number of aromatic hydroxyl groups is 1. The molecule has 17 heavy (non-hydrogen) atoms. The van der Waals surface area contributed by atoms with Crippen molar-refractivity contribution in [3.63, 3.8) is 0 Å². The van der Waals surface area contributed by atoms with Gasteiger partial charge in [0.25, 0.3) is 5.91 Å². The van der Waals surface area contributed by atoms with Crippen LogP contribution in [0.4, 0.5) is 0 Å². The van der Waals surface area contributed by atoms with Crippen molar-refractivity contribution in [3.05, 3.63) is 29.3 Å². The fraction of sp³-hybridized carbons (Fsp3) is 0.462. The lowest BCUT2D eigenvalue weighted by molar-refractivity contribution is 0.0928. The van der Waals surface area contributed by atoms with Crippen LogP contribution in [0.1, 0.15) is 28.8 Å². The summed E-state index contributed by atoms with van der Waals surface area (Å²) in [5.74, 6) is -0.117. The molecule has 1 atom stereocenters. The molecule has 3 N–H and O–H groups in total. The van der Waals surface area contributed by atoms with E-state index in [1.807, 2.05) is 0 Å². The van der Waals surface area contributed by atoms with E-state index in [9.17, 15) is 9.90 Å². The molecular weight excluding hydrogens is 216 g/mol. The fourth-order valence-electron chi connectivity index (χ4n) is 2.08. The van der Waals surface area contributed by atoms with Crippen LogP contribution in [-0.2, 0) is 0 Å². The maximum atomic E-state index is 12.0. The second kappa shape index (κ2) is 5.19. The highest BCUT2D eigenvalue weighted by Crippen LogP contribution is 2.21. The SMILES string of the molecule is Cc1cccc(C(=O)N[C@@H]2CCCNC2)c1O. The van der Waals surface area contributed by atoms with Gasteiger partial charge in [-0.05, 0) is 37.9 Å². The Bertz CT molecular complexity index is 412. The van der Waals surface area contributed by atoms with Gasteiger partial charge in [0.05, 0.1) is 5.56 Å². The van der Waals surface area contributed by atoms with Gasteiger partial charge in [-0.25, -0.2) is 0 Å². The van der Waals surface area contributed by atoms with E-state index in [1.54, 1.807) is 25.1 Å². The highest BCUT2D eigenvalue weighted by atomic mass is 16.3. The van der Waals surface area contributed by atoms with E-state index in [0.29, 0.717) is 5.56 Å². The molecule has 0 unspecified atom stereocenters. The number of para-hydroxylation sites is 1. The summed E-state index contributed by atoms with van der Waals surface area (Å²) < 4.78 is 0. The zero-order chi connectivity index (χ0) is 12.3. The smallest absolute Gasteiger partial charge is 0.255 e. The number of benzene rings is 1. The predicted octanol–water partition coefficient (Wildman–Crippen LogP) is 1.18. The Hall–Kier alpha value is -1.55. The van der Waals surface area contributed by atoms with E-state index < -0.39 is 0 Å². The van der Waals surface area contributed by atoms with Crippen LogP contribution >= 0.6 is 0 Å². The van der Waals surface area contributed by atoms with Gasteiger partial charge in [0.1, 0.15) is 5.75 Å². The van der Waals surface area contributed by atoms with Crippen molar-refractivity contribution in [2.75, 3.05) is 13.1 Å². The van der Waals surface area contributed by atoms with Gasteiger partial charge in [0, 0.05) is 12.6 Å². The summed E-state index contributed by atoms with van der Waals surface area (Å²) in [6.07, 6.45) is 2.07. The zero-order valence-corrected chi connectivity index (χ0v) is 9.99. The number of hydrogen-bond donors (Lipinski definition) is 3. The van der Waals surface area contributed by atoms with Crippen LogP contribution in [0.15, 0.2) is 18.2 Å². The molecule has 0 spiro atoms. The van der Waals surface area contributed by atoms with Gasteiger partial charge in [0.2, 0.25) is 0 Å². The minimum atomic E-state index is -0.195. The van der Waals surface area contributed by atoms with Crippen molar-refractivity contribution < 1.29 is 9.90 Å². The van der Waals surface area contributed by atoms with Gasteiger partial charge in [-0.15, -0.1) is 0 Å². The van der Waals surface area contributed by atoms with Crippen LogP contribution in [-0.4, -0.2) is 30.1 Å². The first-order valence-corrected chi connectivity index (χ1v) is 5.98. The van der Waals surface area contributed by atoms with E-state index in [1.165, 1.54) is 0 Å². The number of phenols is 1. The molecule has 4 heteroatoms. The number of nitrogens with one attached hydrogen (secondary N) is 2. The van der Waals surface area contributed by atoms with Crippen LogP contribution < -0.4 is 10.6 Å². The Balaban J connectivity index is 2.06. The van der Waals surface area contributed by atoms with Crippen molar-refractivity contribution in [3.8, 4) is 5.75 Å². The van der Waals surface area contributed by atoms with E-state index in [-0.39, 0.29) is 17.7 Å². The molecule has 1 aromatic rings. The third kappa shape index (κ3) is 2.77. The first-order valence-electron chi connectivity index (χ1n) is 5.98. The summed E-state index contributed by atoms with van der Waals surface area (Å²) in [5, 5.41) is 16.0. The second-order valence-corrected chi connectivity index (χ2v) is 4.49. The Morgan fingerprint density at radius 1 is 1.53 bits per heavy atom. The number of rotatable bonds is 2. The average Bonchev–Trinajstić information content (AvgIpc) is 2.34. The number of phenolic OH excluding ortho intramolecular Hbond substituents is 1. The highest BCUT2D eigenvalue weighted by molar-refractivity contribution is 5.97. The van der Waals surface area contributed by atoms with E-state index in [0.717, 1.165) is 31.5 Å². The topological polar surface area (TPSA) is 61.4 Å². The first kappa shape index (κ1) is 11.9. The largest absolute Gasteiger partial charge is 0.507 e. The van der Waals surface area contributed by atoms with E-state index in [4.69, 9.17) is 0 Å². The number of piperidine rings is 1. The second-order valence-electron chi connectivity index (χ2n) is 4.49. The maximum Gasteiger partial charge on any atom is 0.255 e. The van der Waals surface area contributed by atoms with Crippen LogP contribution in [0.2, 0.25) is 0 Å². The van der Waals surface area contributed by atoms with Gasteiger partial charge >= 0.3 is 0 Å². The van der Waals surface area contributed by atoms with Crippen molar-refractivity contribution in [1.29, 1.82) is 0 Å². The van der Waals surface area contributed by atoms with E-state index >= 15 is 0 Å². The lowest BCUT2D eigenvalue weighted by Gasteiger charge is -2.24. The lowest BCUT2D eigenvalue weighted by atomic mass is 10.1. The number of amides is 1. The molecule has 0 aromatic heterocycles. The molecule has 92 valence electrons. The molecule has 0 radical (unpaired) electrons. The summed E-state index contributed by atoms with van der Waals surface area (Å²) in [7, 11) is 0. The third-order valence-electron chi connectivity index (χ3n) is 3.11. The number of hydrogen-bond acceptors (Lipinski definition) is 3. The van der Waals surface area contributed by atoms with Gasteiger partial charge in [-0.2, -0.15) is 0 Å². The molecule has 1 saturated heterocycles. The maximum absolute atomic E-state index is 12.0. The monoisotopic (exact) mass is 234 g/mol. The highest BCUT2D eigenvalue weighted by Gasteiger charge is 2.18. The number of carbonyl (C=O) groups excluding carboxylic acids is 1. The normalized spacial score (nSPS) is 19.9. The standard InChI is InChI=1S/C13H18N2O2/c1-9-4-2-6-11(12(9)16)13(17)15-10-5-3-7-14-8-10/h2,4,6,10,14,16H,3,5,7-8H2,1H3,(H,15,17)/t10-/m1/s1. The van der Waals surface area contributed by atoms with Crippen LogP contribution in [0, 0.1) is 6.92 Å². The fourth-order valence-corrected chi connectivity index (χ4v) is 2.08. The molecule has 1 aliphatic heterocycles. The quantitative estimate of drug-likeness (QED) is 0.720. The summed E-state index contributed by atoms with van der Waals surface area (Å²) in [4.78, 5) is 12.0.